The molecule has 2 heterocycles. The minimum atomic E-state index is -0.422. The van der Waals surface area contributed by atoms with Crippen molar-refractivity contribution < 1.29 is 4.39 Å². The Morgan fingerprint density at radius 2 is 2.00 bits per heavy atom. The molecule has 108 valence electrons. The number of rotatable bonds is 2. The molecule has 0 saturated carbocycles. The Hall–Kier alpha value is -1.72. The van der Waals surface area contributed by atoms with Gasteiger partial charge in [0, 0.05) is 16.9 Å². The Bertz CT molecular complexity index is 845. The second-order valence-electron chi connectivity index (χ2n) is 4.73. The van der Waals surface area contributed by atoms with E-state index in [1.165, 1.54) is 10.9 Å². The maximum absolute atomic E-state index is 14.1. The molecule has 0 saturated heterocycles. The number of nitrogens with one attached hydrogen (secondary N) is 1. The van der Waals surface area contributed by atoms with Gasteiger partial charge in [0.05, 0.1) is 10.9 Å². The van der Waals surface area contributed by atoms with Crippen molar-refractivity contribution in [3.8, 4) is 11.4 Å². The van der Waals surface area contributed by atoms with Crippen LogP contribution in [0.15, 0.2) is 18.2 Å². The number of thiophene rings is 1. The second kappa shape index (κ2) is 5.24. The summed E-state index contributed by atoms with van der Waals surface area (Å²) >= 11 is 7.38. The van der Waals surface area contributed by atoms with Crippen molar-refractivity contribution in [3.05, 3.63) is 39.5 Å². The molecule has 0 aliphatic rings. The Morgan fingerprint density at radius 3 is 2.67 bits per heavy atom. The molecule has 2 aromatic heterocycles. The molecular formula is C15H13ClFN3S. The predicted molar refractivity (Wildman–Crippen MR) is 86.8 cm³/mol. The SMILES string of the molecule is CNc1nc(-c2ccc(Cl)cc2F)nc2sc(C)c(C)c12. The standard InChI is InChI=1S/C15H13ClFN3S/c1-7-8(2)21-15-12(7)14(18-3)19-13(20-15)10-5-4-9(16)6-11(10)17/h4-6H,1-3H3,(H,18,19,20). The molecule has 0 fully saturated rings. The van der Waals surface area contributed by atoms with Gasteiger partial charge in [-0.1, -0.05) is 11.6 Å². The van der Waals surface area contributed by atoms with Crippen molar-refractivity contribution in [2.75, 3.05) is 12.4 Å². The number of benzene rings is 1. The van der Waals surface area contributed by atoms with Gasteiger partial charge >= 0.3 is 0 Å². The van der Waals surface area contributed by atoms with Crippen LogP contribution in [0.2, 0.25) is 5.02 Å². The van der Waals surface area contributed by atoms with Gasteiger partial charge in [0.2, 0.25) is 0 Å². The van der Waals surface area contributed by atoms with Crippen LogP contribution >= 0.6 is 22.9 Å². The number of fused-ring (bicyclic) bond motifs is 1. The summed E-state index contributed by atoms with van der Waals surface area (Å²) in [5.74, 6) is 0.655. The van der Waals surface area contributed by atoms with Crippen LogP contribution < -0.4 is 5.32 Å². The van der Waals surface area contributed by atoms with Gasteiger partial charge < -0.3 is 5.32 Å². The zero-order valence-corrected chi connectivity index (χ0v) is 13.4. The van der Waals surface area contributed by atoms with Crippen LogP contribution in [-0.4, -0.2) is 17.0 Å². The van der Waals surface area contributed by atoms with Crippen molar-refractivity contribution >= 4 is 39.0 Å². The fraction of sp³-hybridized carbons (Fsp3) is 0.200. The van der Waals surface area contributed by atoms with Crippen LogP contribution in [0.3, 0.4) is 0 Å². The third-order valence-electron chi connectivity index (χ3n) is 3.44. The third-order valence-corrected chi connectivity index (χ3v) is 4.77. The fourth-order valence-corrected chi connectivity index (χ4v) is 3.41. The van der Waals surface area contributed by atoms with Crippen LogP contribution in [0.5, 0.6) is 0 Å². The Balaban J connectivity index is 2.29. The average molecular weight is 322 g/mol. The van der Waals surface area contributed by atoms with Crippen LogP contribution in [0.1, 0.15) is 10.4 Å². The highest BCUT2D eigenvalue weighted by atomic mass is 35.5. The van der Waals surface area contributed by atoms with E-state index in [2.05, 4.69) is 15.3 Å². The van der Waals surface area contributed by atoms with Gasteiger partial charge in [0.1, 0.15) is 16.5 Å². The van der Waals surface area contributed by atoms with Crippen LogP contribution in [0.25, 0.3) is 21.6 Å². The lowest BCUT2D eigenvalue weighted by Crippen LogP contribution is -1.99. The summed E-state index contributed by atoms with van der Waals surface area (Å²) in [7, 11) is 1.80. The van der Waals surface area contributed by atoms with Crippen molar-refractivity contribution in [1.29, 1.82) is 0 Å². The number of nitrogens with zero attached hydrogens (tertiary/aromatic N) is 2. The van der Waals surface area contributed by atoms with Gasteiger partial charge in [-0.05, 0) is 37.6 Å². The molecule has 0 aliphatic carbocycles. The molecule has 0 bridgehead atoms. The number of aromatic nitrogens is 2. The Morgan fingerprint density at radius 1 is 1.24 bits per heavy atom. The maximum Gasteiger partial charge on any atom is 0.166 e. The first-order chi connectivity index (χ1) is 10.0. The minimum absolute atomic E-state index is 0.349. The van der Waals surface area contributed by atoms with E-state index in [4.69, 9.17) is 11.6 Å². The fourth-order valence-electron chi connectivity index (χ4n) is 2.22. The monoisotopic (exact) mass is 321 g/mol. The van der Waals surface area contributed by atoms with E-state index in [-0.39, 0.29) is 0 Å². The number of halogens is 2. The van der Waals surface area contributed by atoms with E-state index >= 15 is 0 Å². The zero-order valence-electron chi connectivity index (χ0n) is 11.8. The van der Waals surface area contributed by atoms with Gasteiger partial charge in [-0.2, -0.15) is 0 Å². The smallest absolute Gasteiger partial charge is 0.166 e. The quantitative estimate of drug-likeness (QED) is 0.736. The molecule has 0 aliphatic heterocycles. The van der Waals surface area contributed by atoms with E-state index < -0.39 is 5.82 Å². The molecule has 3 rings (SSSR count). The highest BCUT2D eigenvalue weighted by Gasteiger charge is 2.16. The number of aryl methyl sites for hydroxylation is 2. The third kappa shape index (κ3) is 2.36. The normalized spacial score (nSPS) is 11.1. The van der Waals surface area contributed by atoms with Crippen molar-refractivity contribution in [2.45, 2.75) is 13.8 Å². The summed E-state index contributed by atoms with van der Waals surface area (Å²) in [5, 5.41) is 4.43. The van der Waals surface area contributed by atoms with Gasteiger partial charge in [-0.25, -0.2) is 14.4 Å². The summed E-state index contributed by atoms with van der Waals surface area (Å²) < 4.78 is 14.1. The summed E-state index contributed by atoms with van der Waals surface area (Å²) in [4.78, 5) is 11.0. The van der Waals surface area contributed by atoms with E-state index in [0.29, 0.717) is 22.2 Å². The van der Waals surface area contributed by atoms with Crippen molar-refractivity contribution in [1.82, 2.24) is 9.97 Å². The molecule has 1 N–H and O–H groups in total. The highest BCUT2D eigenvalue weighted by Crippen LogP contribution is 2.35. The van der Waals surface area contributed by atoms with Crippen LogP contribution in [0.4, 0.5) is 10.2 Å². The molecule has 0 radical (unpaired) electrons. The van der Waals surface area contributed by atoms with E-state index in [1.807, 2.05) is 13.8 Å². The number of hydrogen-bond donors (Lipinski definition) is 1. The zero-order chi connectivity index (χ0) is 15.1. The first-order valence-corrected chi connectivity index (χ1v) is 7.61. The molecule has 0 unspecified atom stereocenters. The molecule has 0 amide bonds. The highest BCUT2D eigenvalue weighted by molar-refractivity contribution is 7.18. The predicted octanol–water partition coefficient (Wildman–Crippen LogP) is 4.81. The summed E-state index contributed by atoms with van der Waals surface area (Å²) in [5.41, 5.74) is 1.50. The van der Waals surface area contributed by atoms with E-state index in [0.717, 1.165) is 15.8 Å². The largest absolute Gasteiger partial charge is 0.372 e. The molecule has 6 heteroatoms. The number of anilines is 1. The molecule has 21 heavy (non-hydrogen) atoms. The van der Waals surface area contributed by atoms with Gasteiger partial charge in [-0.15, -0.1) is 11.3 Å². The second-order valence-corrected chi connectivity index (χ2v) is 6.37. The minimum Gasteiger partial charge on any atom is -0.372 e. The van der Waals surface area contributed by atoms with Gasteiger partial charge in [0.15, 0.2) is 5.82 Å². The summed E-state index contributed by atoms with van der Waals surface area (Å²) in [6, 6.07) is 4.51. The van der Waals surface area contributed by atoms with Gasteiger partial charge in [0.25, 0.3) is 0 Å². The molecular weight excluding hydrogens is 309 g/mol. The number of hydrogen-bond acceptors (Lipinski definition) is 4. The van der Waals surface area contributed by atoms with Crippen molar-refractivity contribution in [2.24, 2.45) is 0 Å². The molecule has 1 aromatic carbocycles. The molecule has 3 aromatic rings. The Kier molecular flexibility index (Phi) is 3.55. The molecule has 0 atom stereocenters. The van der Waals surface area contributed by atoms with E-state index in [9.17, 15) is 4.39 Å². The van der Waals surface area contributed by atoms with Crippen molar-refractivity contribution in [3.63, 3.8) is 0 Å². The maximum atomic E-state index is 14.1. The first kappa shape index (κ1) is 14.2. The van der Waals surface area contributed by atoms with Crippen LogP contribution in [0, 0.1) is 19.7 Å². The summed E-state index contributed by atoms with van der Waals surface area (Å²) in [6.07, 6.45) is 0. The molecule has 0 spiro atoms. The summed E-state index contributed by atoms with van der Waals surface area (Å²) in [6.45, 7) is 4.09. The first-order valence-electron chi connectivity index (χ1n) is 6.42. The Labute approximate surface area is 130 Å². The average Bonchev–Trinajstić information content (AvgIpc) is 2.73. The lowest BCUT2D eigenvalue weighted by atomic mass is 10.1. The molecule has 3 nitrogen and oxygen atoms in total. The van der Waals surface area contributed by atoms with Crippen LogP contribution in [-0.2, 0) is 0 Å². The van der Waals surface area contributed by atoms with E-state index in [1.54, 1.807) is 30.5 Å². The topological polar surface area (TPSA) is 37.8 Å². The lowest BCUT2D eigenvalue weighted by molar-refractivity contribution is 0.630. The lowest BCUT2D eigenvalue weighted by Gasteiger charge is -2.07. The van der Waals surface area contributed by atoms with Gasteiger partial charge in [-0.3, -0.25) is 0 Å².